The first-order valence-electron chi connectivity index (χ1n) is 7.98. The summed E-state index contributed by atoms with van der Waals surface area (Å²) in [7, 11) is 0. The van der Waals surface area contributed by atoms with Crippen molar-refractivity contribution in [2.24, 2.45) is 5.92 Å². The number of carboxylic acids is 1. The van der Waals surface area contributed by atoms with Gasteiger partial charge in [0.05, 0.1) is 0 Å². The molecular weight excluding hydrogens is 306 g/mol. The molecule has 1 aromatic rings. The van der Waals surface area contributed by atoms with Gasteiger partial charge in [-0.1, -0.05) is 30.3 Å². The van der Waals surface area contributed by atoms with Crippen LogP contribution in [0.5, 0.6) is 0 Å². The van der Waals surface area contributed by atoms with Crippen LogP contribution in [0, 0.1) is 17.2 Å². The number of hydrogen-bond donors (Lipinski definition) is 2. The highest BCUT2D eigenvalue weighted by molar-refractivity contribution is 5.98. The van der Waals surface area contributed by atoms with Gasteiger partial charge in [-0.2, -0.15) is 5.26 Å². The molecule has 1 aliphatic rings. The summed E-state index contributed by atoms with van der Waals surface area (Å²) in [5, 5.41) is 19.9. The third-order valence-corrected chi connectivity index (χ3v) is 4.09. The first kappa shape index (κ1) is 17.5. The highest BCUT2D eigenvalue weighted by Gasteiger charge is 2.19. The van der Waals surface area contributed by atoms with E-state index in [1.165, 1.54) is 11.8 Å². The molecule has 1 aliphatic heterocycles. The lowest BCUT2D eigenvalue weighted by molar-refractivity contribution is -0.137. The Morgan fingerprint density at radius 2 is 1.96 bits per heavy atom. The summed E-state index contributed by atoms with van der Waals surface area (Å²) in [5.74, 6) is -1.18. The number of aliphatic carboxylic acids is 1. The Bertz CT molecular complexity index is 641. The maximum atomic E-state index is 11.8. The summed E-state index contributed by atoms with van der Waals surface area (Å²) in [6, 6.07) is 12.2. The van der Waals surface area contributed by atoms with Crippen LogP contribution in [0.4, 0.5) is 0 Å². The predicted molar refractivity (Wildman–Crippen MR) is 88.8 cm³/mol. The van der Waals surface area contributed by atoms with Crippen LogP contribution in [0.15, 0.2) is 42.1 Å². The van der Waals surface area contributed by atoms with Crippen molar-refractivity contribution in [1.82, 2.24) is 10.2 Å². The molecule has 0 bridgehead atoms. The van der Waals surface area contributed by atoms with Gasteiger partial charge >= 0.3 is 5.97 Å². The molecular formula is C18H21N3O3. The number of carboxylic acid groups (broad SMARTS) is 1. The van der Waals surface area contributed by atoms with Crippen LogP contribution >= 0.6 is 0 Å². The van der Waals surface area contributed by atoms with Gasteiger partial charge in [-0.05, 0) is 30.7 Å². The lowest BCUT2D eigenvalue weighted by atomic mass is 9.90. The molecule has 2 N–H and O–H groups in total. The van der Waals surface area contributed by atoms with E-state index in [1.807, 2.05) is 29.2 Å². The third kappa shape index (κ3) is 5.43. The minimum atomic E-state index is -1.14. The topological polar surface area (TPSA) is 93.4 Å². The molecule has 1 saturated heterocycles. The monoisotopic (exact) mass is 327 g/mol. The van der Waals surface area contributed by atoms with Gasteiger partial charge in [-0.3, -0.25) is 9.59 Å². The molecule has 0 radical (unpaired) electrons. The van der Waals surface area contributed by atoms with E-state index in [9.17, 15) is 9.59 Å². The number of carbonyl (C=O) groups is 2. The van der Waals surface area contributed by atoms with Crippen molar-refractivity contribution in [2.45, 2.75) is 19.3 Å². The number of hydrogen-bond acceptors (Lipinski definition) is 4. The van der Waals surface area contributed by atoms with Crippen molar-refractivity contribution in [3.63, 3.8) is 0 Å². The summed E-state index contributed by atoms with van der Waals surface area (Å²) in [5.41, 5.74) is 1.27. The molecule has 0 aliphatic carbocycles. The number of amides is 1. The Kier molecular flexibility index (Phi) is 6.38. The summed E-state index contributed by atoms with van der Waals surface area (Å²) in [6.07, 6.45) is 4.58. The quantitative estimate of drug-likeness (QED) is 0.611. The summed E-state index contributed by atoms with van der Waals surface area (Å²) < 4.78 is 0. The van der Waals surface area contributed by atoms with E-state index >= 15 is 0 Å². The normalized spacial score (nSPS) is 15.6. The van der Waals surface area contributed by atoms with E-state index in [0.717, 1.165) is 32.4 Å². The number of carbonyl (C=O) groups excluding carboxylic acids is 1. The Morgan fingerprint density at radius 3 is 2.54 bits per heavy atom. The number of nitrogens with one attached hydrogen (secondary N) is 1. The SMILES string of the molecule is N#C/C(=C/N1CCC(Cc2ccccc2)CC1)C(=O)NCC(=O)O. The minimum absolute atomic E-state index is 0.0576. The Hall–Kier alpha value is -2.81. The summed E-state index contributed by atoms with van der Waals surface area (Å²) in [6.45, 7) is 1.08. The Balaban J connectivity index is 1.85. The van der Waals surface area contributed by atoms with Crippen LogP contribution < -0.4 is 5.32 Å². The fraction of sp³-hybridized carbons (Fsp3) is 0.389. The molecule has 6 heteroatoms. The molecule has 126 valence electrons. The van der Waals surface area contributed by atoms with Crippen LogP contribution in [0.1, 0.15) is 18.4 Å². The number of piperidine rings is 1. The number of rotatable bonds is 6. The van der Waals surface area contributed by atoms with E-state index < -0.39 is 18.4 Å². The van der Waals surface area contributed by atoms with Gasteiger partial charge in [0, 0.05) is 19.3 Å². The highest BCUT2D eigenvalue weighted by Crippen LogP contribution is 2.22. The first-order valence-corrected chi connectivity index (χ1v) is 7.98. The fourth-order valence-corrected chi connectivity index (χ4v) is 2.81. The van der Waals surface area contributed by atoms with E-state index in [4.69, 9.17) is 10.4 Å². The van der Waals surface area contributed by atoms with E-state index in [-0.39, 0.29) is 5.57 Å². The molecule has 0 atom stereocenters. The maximum Gasteiger partial charge on any atom is 0.322 e. The molecule has 24 heavy (non-hydrogen) atoms. The average Bonchev–Trinajstić information content (AvgIpc) is 2.60. The maximum absolute atomic E-state index is 11.8. The molecule has 0 saturated carbocycles. The Labute approximate surface area is 141 Å². The minimum Gasteiger partial charge on any atom is -0.480 e. The zero-order valence-corrected chi connectivity index (χ0v) is 13.4. The van der Waals surface area contributed by atoms with E-state index in [1.54, 1.807) is 0 Å². The lowest BCUT2D eigenvalue weighted by Gasteiger charge is -2.31. The third-order valence-electron chi connectivity index (χ3n) is 4.09. The predicted octanol–water partition coefficient (Wildman–Crippen LogP) is 1.55. The highest BCUT2D eigenvalue weighted by atomic mass is 16.4. The zero-order valence-electron chi connectivity index (χ0n) is 13.4. The van der Waals surface area contributed by atoms with Crippen LogP contribution in [0.25, 0.3) is 0 Å². The first-order chi connectivity index (χ1) is 11.6. The van der Waals surface area contributed by atoms with Crippen LogP contribution in [-0.4, -0.2) is 41.5 Å². The van der Waals surface area contributed by atoms with Crippen molar-refractivity contribution in [3.8, 4) is 6.07 Å². The van der Waals surface area contributed by atoms with Gasteiger partial charge in [0.2, 0.25) is 0 Å². The number of benzene rings is 1. The summed E-state index contributed by atoms with van der Waals surface area (Å²) in [4.78, 5) is 24.2. The van der Waals surface area contributed by atoms with Gasteiger partial charge in [0.15, 0.2) is 0 Å². The van der Waals surface area contributed by atoms with Crippen LogP contribution in [0.3, 0.4) is 0 Å². The van der Waals surface area contributed by atoms with Crippen LogP contribution in [0.2, 0.25) is 0 Å². The molecule has 1 amide bonds. The van der Waals surface area contributed by atoms with Gasteiger partial charge in [-0.25, -0.2) is 0 Å². The largest absolute Gasteiger partial charge is 0.480 e. The molecule has 0 spiro atoms. The second-order valence-corrected chi connectivity index (χ2v) is 5.90. The van der Waals surface area contributed by atoms with Crippen molar-refractivity contribution >= 4 is 11.9 Å². The van der Waals surface area contributed by atoms with Gasteiger partial charge < -0.3 is 15.3 Å². The Morgan fingerprint density at radius 1 is 1.29 bits per heavy atom. The average molecular weight is 327 g/mol. The second-order valence-electron chi connectivity index (χ2n) is 5.90. The van der Waals surface area contributed by atoms with Gasteiger partial charge in [0.25, 0.3) is 5.91 Å². The molecule has 6 nitrogen and oxygen atoms in total. The van der Waals surface area contributed by atoms with Gasteiger partial charge in [-0.15, -0.1) is 0 Å². The van der Waals surface area contributed by atoms with Gasteiger partial charge in [0.1, 0.15) is 18.2 Å². The van der Waals surface area contributed by atoms with Crippen molar-refractivity contribution < 1.29 is 14.7 Å². The molecule has 1 aromatic carbocycles. The lowest BCUT2D eigenvalue weighted by Crippen LogP contribution is -2.34. The van der Waals surface area contributed by atoms with E-state index in [2.05, 4.69) is 17.4 Å². The smallest absolute Gasteiger partial charge is 0.322 e. The molecule has 0 aromatic heterocycles. The van der Waals surface area contributed by atoms with Crippen molar-refractivity contribution in [3.05, 3.63) is 47.7 Å². The van der Waals surface area contributed by atoms with Crippen molar-refractivity contribution in [2.75, 3.05) is 19.6 Å². The van der Waals surface area contributed by atoms with Crippen molar-refractivity contribution in [1.29, 1.82) is 5.26 Å². The molecule has 1 heterocycles. The van der Waals surface area contributed by atoms with Crippen LogP contribution in [-0.2, 0) is 16.0 Å². The number of likely N-dealkylation sites (tertiary alicyclic amines) is 1. The summed E-state index contributed by atoms with van der Waals surface area (Å²) >= 11 is 0. The van der Waals surface area contributed by atoms with E-state index in [0.29, 0.717) is 5.92 Å². The second kappa shape index (κ2) is 8.73. The standard InChI is InChI=1S/C18H21N3O3/c19-11-16(18(24)20-12-17(22)23)13-21-8-6-15(7-9-21)10-14-4-2-1-3-5-14/h1-5,13,15H,6-10,12H2,(H,20,24)(H,22,23)/b16-13-. The molecule has 0 unspecified atom stereocenters. The molecule has 1 fully saturated rings. The zero-order chi connectivity index (χ0) is 17.4. The fourth-order valence-electron chi connectivity index (χ4n) is 2.81. The number of nitriles is 1. The molecule has 2 rings (SSSR count). The number of nitrogens with zero attached hydrogens (tertiary/aromatic N) is 2.